The summed E-state index contributed by atoms with van der Waals surface area (Å²) in [4.78, 5) is 11.8. The van der Waals surface area contributed by atoms with Gasteiger partial charge in [-0.15, -0.1) is 0 Å². The first kappa shape index (κ1) is 14.5. The molecule has 0 radical (unpaired) electrons. The van der Waals surface area contributed by atoms with Crippen LogP contribution in [0.15, 0.2) is 72.8 Å². The van der Waals surface area contributed by atoms with Gasteiger partial charge in [0.25, 0.3) is 0 Å². The van der Waals surface area contributed by atoms with Crippen molar-refractivity contribution in [3.8, 4) is 0 Å². The minimum absolute atomic E-state index is 0.775. The number of hydrogen-bond acceptors (Lipinski definition) is 2. The molecule has 0 bridgehead atoms. The second-order valence-corrected chi connectivity index (χ2v) is 5.74. The first-order valence-electron chi connectivity index (χ1n) is 7.34. The third-order valence-corrected chi connectivity index (χ3v) is 4.33. The fourth-order valence-electron chi connectivity index (χ4n) is 2.90. The fraction of sp³-hybridized carbons (Fsp3) is 0.150. The number of hydrogen-bond donors (Lipinski definition) is 1. The Balaban J connectivity index is 2.15. The highest BCUT2D eigenvalue weighted by Gasteiger charge is 2.36. The van der Waals surface area contributed by atoms with Crippen LogP contribution in [0.4, 0.5) is 0 Å². The van der Waals surface area contributed by atoms with Crippen molar-refractivity contribution >= 4 is 17.1 Å². The Kier molecular flexibility index (Phi) is 3.78. The molecule has 0 aliphatic carbocycles. The average molecular weight is 290 g/mol. The Morgan fingerprint density at radius 3 is 2.27 bits per heavy atom. The number of benzene rings is 3. The lowest BCUT2D eigenvalue weighted by Gasteiger charge is -2.30. The van der Waals surface area contributed by atoms with Crippen molar-refractivity contribution in [3.63, 3.8) is 0 Å². The third-order valence-electron chi connectivity index (χ3n) is 4.33. The first-order chi connectivity index (χ1) is 10.7. The number of fused-ring (bicyclic) bond motifs is 1. The molecule has 0 spiro atoms. The molecule has 2 heteroatoms. The zero-order chi connectivity index (χ0) is 15.6. The molecule has 2 nitrogen and oxygen atoms in total. The number of carbonyl (C=O) groups is 1. The predicted molar refractivity (Wildman–Crippen MR) is 88.8 cm³/mol. The van der Waals surface area contributed by atoms with Crippen molar-refractivity contribution in [1.82, 2.24) is 0 Å². The summed E-state index contributed by atoms with van der Waals surface area (Å²) in [5.41, 5.74) is 0.604. The summed E-state index contributed by atoms with van der Waals surface area (Å²) in [5, 5.41) is 13.0. The van der Waals surface area contributed by atoms with E-state index in [2.05, 4.69) is 0 Å². The van der Waals surface area contributed by atoms with Gasteiger partial charge in [0.2, 0.25) is 0 Å². The molecule has 0 fully saturated rings. The maximum Gasteiger partial charge on any atom is 0.133 e. The van der Waals surface area contributed by atoms with Gasteiger partial charge >= 0.3 is 0 Å². The smallest absolute Gasteiger partial charge is 0.133 e. The summed E-state index contributed by atoms with van der Waals surface area (Å²) < 4.78 is 0. The van der Waals surface area contributed by atoms with Crippen LogP contribution in [0, 0.1) is 0 Å². The van der Waals surface area contributed by atoms with Gasteiger partial charge in [-0.25, -0.2) is 0 Å². The molecule has 0 saturated heterocycles. The largest absolute Gasteiger partial charge is 0.387 e. The average Bonchev–Trinajstić information content (AvgIpc) is 2.60. The van der Waals surface area contributed by atoms with Crippen LogP contribution in [0.5, 0.6) is 0 Å². The predicted octanol–water partition coefficient (Wildman–Crippen LogP) is 4.03. The van der Waals surface area contributed by atoms with Crippen LogP contribution < -0.4 is 0 Å². The number of rotatable bonds is 4. The van der Waals surface area contributed by atoms with E-state index in [1.54, 1.807) is 6.92 Å². The quantitative estimate of drug-likeness (QED) is 0.737. The van der Waals surface area contributed by atoms with E-state index >= 15 is 0 Å². The Morgan fingerprint density at radius 1 is 0.909 bits per heavy atom. The van der Waals surface area contributed by atoms with Crippen LogP contribution in [0.2, 0.25) is 0 Å². The van der Waals surface area contributed by atoms with Gasteiger partial charge in [0.1, 0.15) is 6.29 Å². The van der Waals surface area contributed by atoms with Crippen molar-refractivity contribution in [3.05, 3.63) is 83.9 Å². The highest BCUT2D eigenvalue weighted by atomic mass is 16.3. The number of aldehydes is 1. The lowest BCUT2D eigenvalue weighted by molar-refractivity contribution is -0.116. The van der Waals surface area contributed by atoms with E-state index in [4.69, 9.17) is 0 Å². The molecular formula is C20H18O2. The highest BCUT2D eigenvalue weighted by Crippen LogP contribution is 2.38. The van der Waals surface area contributed by atoms with E-state index in [1.165, 1.54) is 0 Å². The molecule has 0 aliphatic rings. The van der Waals surface area contributed by atoms with E-state index < -0.39 is 11.5 Å². The van der Waals surface area contributed by atoms with E-state index in [-0.39, 0.29) is 0 Å². The van der Waals surface area contributed by atoms with E-state index in [0.29, 0.717) is 0 Å². The van der Waals surface area contributed by atoms with Gasteiger partial charge in [0, 0.05) is 0 Å². The minimum Gasteiger partial charge on any atom is -0.387 e. The summed E-state index contributed by atoms with van der Waals surface area (Å²) in [5.74, 6) is 0. The molecule has 0 heterocycles. The number of carbonyl (C=O) groups excluding carboxylic acids is 1. The Bertz CT molecular complexity index is 790. The zero-order valence-corrected chi connectivity index (χ0v) is 12.4. The second-order valence-electron chi connectivity index (χ2n) is 5.74. The van der Waals surface area contributed by atoms with Crippen molar-refractivity contribution in [2.45, 2.75) is 18.4 Å². The fourth-order valence-corrected chi connectivity index (χ4v) is 2.90. The van der Waals surface area contributed by atoms with Crippen molar-refractivity contribution in [2.24, 2.45) is 0 Å². The molecule has 2 atom stereocenters. The van der Waals surface area contributed by atoms with Crippen LogP contribution in [-0.4, -0.2) is 11.4 Å². The molecule has 3 aromatic carbocycles. The third kappa shape index (κ3) is 2.32. The molecule has 110 valence electrons. The summed E-state index contributed by atoms with van der Waals surface area (Å²) in [6.07, 6.45) is -0.0621. The maximum atomic E-state index is 11.8. The summed E-state index contributed by atoms with van der Waals surface area (Å²) in [6.45, 7) is 1.78. The topological polar surface area (TPSA) is 37.3 Å². The molecule has 0 amide bonds. The van der Waals surface area contributed by atoms with Crippen molar-refractivity contribution in [1.29, 1.82) is 0 Å². The van der Waals surface area contributed by atoms with Gasteiger partial charge in [0.05, 0.1) is 11.5 Å². The monoisotopic (exact) mass is 290 g/mol. The van der Waals surface area contributed by atoms with Gasteiger partial charge in [-0.1, -0.05) is 72.8 Å². The van der Waals surface area contributed by atoms with Crippen LogP contribution in [-0.2, 0) is 10.2 Å². The van der Waals surface area contributed by atoms with E-state index in [9.17, 15) is 9.90 Å². The van der Waals surface area contributed by atoms with Crippen LogP contribution in [0.1, 0.15) is 24.2 Å². The Hall–Kier alpha value is -2.45. The lowest BCUT2D eigenvalue weighted by Crippen LogP contribution is -2.32. The molecule has 2 unspecified atom stereocenters. The van der Waals surface area contributed by atoms with Gasteiger partial charge in [-0.3, -0.25) is 0 Å². The first-order valence-corrected chi connectivity index (χ1v) is 7.34. The van der Waals surface area contributed by atoms with Gasteiger partial charge in [-0.2, -0.15) is 0 Å². The normalized spacial score (nSPS) is 15.2. The molecule has 1 N–H and O–H groups in total. The molecule has 3 rings (SSSR count). The molecular weight excluding hydrogens is 272 g/mol. The minimum atomic E-state index is -0.981. The summed E-state index contributed by atoms with van der Waals surface area (Å²) in [7, 11) is 0. The van der Waals surface area contributed by atoms with Crippen LogP contribution in [0.3, 0.4) is 0 Å². The van der Waals surface area contributed by atoms with Gasteiger partial charge in [-0.05, 0) is 28.8 Å². The zero-order valence-electron chi connectivity index (χ0n) is 12.4. The second kappa shape index (κ2) is 5.74. The Morgan fingerprint density at radius 2 is 1.55 bits per heavy atom. The molecule has 0 saturated carbocycles. The van der Waals surface area contributed by atoms with Crippen molar-refractivity contribution in [2.75, 3.05) is 0 Å². The molecule has 3 aromatic rings. The van der Waals surface area contributed by atoms with E-state index in [1.807, 2.05) is 72.8 Å². The maximum absolute atomic E-state index is 11.8. The standard InChI is InChI=1S/C20H18O2/c1-20(14-21,16-10-3-2-4-11-16)19(22)18-13-7-9-15-8-5-6-12-17(15)18/h2-14,19,22H,1H3. The van der Waals surface area contributed by atoms with Crippen molar-refractivity contribution < 1.29 is 9.90 Å². The molecule has 0 aliphatic heterocycles. The van der Waals surface area contributed by atoms with Crippen LogP contribution >= 0.6 is 0 Å². The highest BCUT2D eigenvalue weighted by molar-refractivity contribution is 5.87. The van der Waals surface area contributed by atoms with E-state index in [0.717, 1.165) is 28.2 Å². The summed E-state index contributed by atoms with van der Waals surface area (Å²) >= 11 is 0. The molecule has 22 heavy (non-hydrogen) atoms. The number of aliphatic hydroxyl groups is 1. The van der Waals surface area contributed by atoms with Gasteiger partial charge < -0.3 is 9.90 Å². The lowest BCUT2D eigenvalue weighted by atomic mass is 9.75. The molecule has 0 aromatic heterocycles. The summed E-state index contributed by atoms with van der Waals surface area (Å²) in [6, 6.07) is 23.1. The Labute approximate surface area is 130 Å². The van der Waals surface area contributed by atoms with Gasteiger partial charge in [0.15, 0.2) is 0 Å². The number of aliphatic hydroxyl groups excluding tert-OH is 1. The SMILES string of the molecule is CC(C=O)(c1ccccc1)C(O)c1cccc2ccccc12. The van der Waals surface area contributed by atoms with Crippen LogP contribution in [0.25, 0.3) is 10.8 Å².